The van der Waals surface area contributed by atoms with Gasteiger partial charge in [-0.25, -0.2) is 4.39 Å². The summed E-state index contributed by atoms with van der Waals surface area (Å²) in [5.41, 5.74) is 7.40. The van der Waals surface area contributed by atoms with Gasteiger partial charge in [0, 0.05) is 6.04 Å². The molecule has 17 heavy (non-hydrogen) atoms. The van der Waals surface area contributed by atoms with Gasteiger partial charge in [-0.2, -0.15) is 0 Å². The van der Waals surface area contributed by atoms with Crippen LogP contribution in [-0.2, 0) is 4.74 Å². The van der Waals surface area contributed by atoms with E-state index in [0.717, 1.165) is 5.56 Å². The first-order valence-electron chi connectivity index (χ1n) is 5.65. The van der Waals surface area contributed by atoms with Gasteiger partial charge in [0.2, 0.25) is 0 Å². The van der Waals surface area contributed by atoms with Crippen LogP contribution >= 0.6 is 0 Å². The molecule has 1 aliphatic heterocycles. The number of carbonyl (C=O) groups excluding carboxylic acids is 1. The summed E-state index contributed by atoms with van der Waals surface area (Å²) in [7, 11) is 0. The van der Waals surface area contributed by atoms with E-state index in [0.29, 0.717) is 12.2 Å². The largest absolute Gasteiger partial charge is 0.379 e. The van der Waals surface area contributed by atoms with Crippen LogP contribution in [0.5, 0.6) is 0 Å². The van der Waals surface area contributed by atoms with Crippen LogP contribution in [0.4, 0.5) is 4.39 Å². The lowest BCUT2D eigenvalue weighted by atomic mass is 9.90. The van der Waals surface area contributed by atoms with E-state index in [1.54, 1.807) is 19.9 Å². The predicted molar refractivity (Wildman–Crippen MR) is 62.5 cm³/mol. The molecule has 1 fully saturated rings. The summed E-state index contributed by atoms with van der Waals surface area (Å²) >= 11 is 0. The first-order valence-corrected chi connectivity index (χ1v) is 5.65. The van der Waals surface area contributed by atoms with E-state index in [-0.39, 0.29) is 24.0 Å². The van der Waals surface area contributed by atoms with Crippen molar-refractivity contribution < 1.29 is 13.9 Å². The highest BCUT2D eigenvalue weighted by molar-refractivity contribution is 6.00. The van der Waals surface area contributed by atoms with Crippen molar-refractivity contribution in [2.45, 2.75) is 19.9 Å². The van der Waals surface area contributed by atoms with Crippen LogP contribution in [0.25, 0.3) is 0 Å². The Labute approximate surface area is 99.8 Å². The van der Waals surface area contributed by atoms with Crippen molar-refractivity contribution in [3.63, 3.8) is 0 Å². The maximum absolute atomic E-state index is 13.8. The topological polar surface area (TPSA) is 52.3 Å². The molecule has 2 unspecified atom stereocenters. The second-order valence-corrected chi connectivity index (χ2v) is 4.61. The third kappa shape index (κ3) is 2.23. The first-order chi connectivity index (χ1) is 8.00. The van der Waals surface area contributed by atoms with Crippen molar-refractivity contribution in [1.82, 2.24) is 0 Å². The van der Waals surface area contributed by atoms with Gasteiger partial charge in [0.1, 0.15) is 5.82 Å². The molecule has 0 aliphatic carbocycles. The van der Waals surface area contributed by atoms with Crippen molar-refractivity contribution >= 4 is 5.78 Å². The SMILES string of the molecule is Cc1cc(C)c(C(=O)C2COCC2N)c(F)c1. The Morgan fingerprint density at radius 1 is 1.41 bits per heavy atom. The Morgan fingerprint density at radius 2 is 2.12 bits per heavy atom. The number of Topliss-reactive ketones (excluding diaryl/α,β-unsaturated/α-hetero) is 1. The Morgan fingerprint density at radius 3 is 2.65 bits per heavy atom. The van der Waals surface area contributed by atoms with Crippen molar-refractivity contribution in [3.8, 4) is 0 Å². The fraction of sp³-hybridized carbons (Fsp3) is 0.462. The summed E-state index contributed by atoms with van der Waals surface area (Å²) in [4.78, 5) is 12.2. The predicted octanol–water partition coefficient (Wildman–Crippen LogP) is 1.60. The van der Waals surface area contributed by atoms with Gasteiger partial charge in [-0.15, -0.1) is 0 Å². The Bertz CT molecular complexity index is 436. The van der Waals surface area contributed by atoms with Gasteiger partial charge in [-0.3, -0.25) is 4.79 Å². The van der Waals surface area contributed by atoms with E-state index in [1.807, 2.05) is 0 Å². The molecule has 0 saturated carbocycles. The number of carbonyl (C=O) groups is 1. The molecule has 0 spiro atoms. The summed E-state index contributed by atoms with van der Waals surface area (Å²) in [5.74, 6) is -1.14. The van der Waals surface area contributed by atoms with E-state index < -0.39 is 11.7 Å². The molecule has 2 atom stereocenters. The Kier molecular flexibility index (Phi) is 3.26. The molecule has 3 nitrogen and oxygen atoms in total. The van der Waals surface area contributed by atoms with Gasteiger partial charge in [-0.05, 0) is 31.0 Å². The first kappa shape index (κ1) is 12.2. The number of aryl methyl sites for hydroxylation is 2. The quantitative estimate of drug-likeness (QED) is 0.795. The Hall–Kier alpha value is -1.26. The van der Waals surface area contributed by atoms with Crippen LogP contribution < -0.4 is 5.73 Å². The maximum Gasteiger partial charge on any atom is 0.173 e. The minimum atomic E-state index is -0.466. The minimum Gasteiger partial charge on any atom is -0.379 e. The summed E-state index contributed by atoms with van der Waals surface area (Å²) in [6.45, 7) is 4.19. The molecule has 0 bridgehead atoms. The number of rotatable bonds is 2. The van der Waals surface area contributed by atoms with Crippen LogP contribution in [0.15, 0.2) is 12.1 Å². The van der Waals surface area contributed by atoms with Gasteiger partial charge < -0.3 is 10.5 Å². The van der Waals surface area contributed by atoms with E-state index >= 15 is 0 Å². The number of hydrogen-bond acceptors (Lipinski definition) is 3. The highest BCUT2D eigenvalue weighted by Crippen LogP contribution is 2.23. The molecule has 1 heterocycles. The van der Waals surface area contributed by atoms with Gasteiger partial charge in [-0.1, -0.05) is 6.07 Å². The molecule has 0 aromatic heterocycles. The molecular weight excluding hydrogens is 221 g/mol. The van der Waals surface area contributed by atoms with Crippen LogP contribution in [0, 0.1) is 25.6 Å². The van der Waals surface area contributed by atoms with Gasteiger partial charge >= 0.3 is 0 Å². The molecule has 4 heteroatoms. The van der Waals surface area contributed by atoms with Crippen LogP contribution in [0.3, 0.4) is 0 Å². The summed E-state index contributed by atoms with van der Waals surface area (Å²) in [6.07, 6.45) is 0. The number of benzene rings is 1. The maximum atomic E-state index is 13.8. The van der Waals surface area contributed by atoms with E-state index in [2.05, 4.69) is 0 Å². The monoisotopic (exact) mass is 237 g/mol. The smallest absolute Gasteiger partial charge is 0.173 e. The lowest BCUT2D eigenvalue weighted by Crippen LogP contribution is -2.34. The zero-order valence-electron chi connectivity index (χ0n) is 10.00. The molecule has 1 saturated heterocycles. The Balaban J connectivity index is 2.37. The van der Waals surface area contributed by atoms with Crippen molar-refractivity contribution in [1.29, 1.82) is 0 Å². The zero-order chi connectivity index (χ0) is 12.6. The number of hydrogen-bond donors (Lipinski definition) is 1. The van der Waals surface area contributed by atoms with E-state index in [4.69, 9.17) is 10.5 Å². The normalized spacial score (nSPS) is 24.0. The van der Waals surface area contributed by atoms with E-state index in [1.165, 1.54) is 6.07 Å². The third-order valence-electron chi connectivity index (χ3n) is 3.14. The molecule has 1 aromatic carbocycles. The number of halogens is 1. The second-order valence-electron chi connectivity index (χ2n) is 4.61. The number of ketones is 1. The minimum absolute atomic E-state index is 0.154. The average molecular weight is 237 g/mol. The molecule has 1 aliphatic rings. The molecule has 0 amide bonds. The fourth-order valence-electron chi connectivity index (χ4n) is 2.25. The highest BCUT2D eigenvalue weighted by atomic mass is 19.1. The molecular formula is C13H16FNO2. The van der Waals surface area contributed by atoms with Gasteiger partial charge in [0.25, 0.3) is 0 Å². The lowest BCUT2D eigenvalue weighted by Gasteiger charge is -2.14. The van der Waals surface area contributed by atoms with Crippen LogP contribution in [0.1, 0.15) is 21.5 Å². The lowest BCUT2D eigenvalue weighted by molar-refractivity contribution is 0.0891. The number of ether oxygens (including phenoxy) is 1. The van der Waals surface area contributed by atoms with Crippen molar-refractivity contribution in [2.75, 3.05) is 13.2 Å². The summed E-state index contributed by atoms with van der Waals surface area (Å²) in [6, 6.07) is 2.85. The zero-order valence-corrected chi connectivity index (χ0v) is 10.00. The standard InChI is InChI=1S/C13H16FNO2/c1-7-3-8(2)12(10(14)4-7)13(16)9-5-17-6-11(9)15/h3-4,9,11H,5-6,15H2,1-2H3. The molecule has 2 N–H and O–H groups in total. The fourth-order valence-corrected chi connectivity index (χ4v) is 2.25. The van der Waals surface area contributed by atoms with Crippen molar-refractivity contribution in [2.24, 2.45) is 11.7 Å². The van der Waals surface area contributed by atoms with E-state index in [9.17, 15) is 9.18 Å². The average Bonchev–Trinajstić information content (AvgIpc) is 2.62. The van der Waals surface area contributed by atoms with Crippen LogP contribution in [-0.4, -0.2) is 25.0 Å². The number of nitrogens with two attached hydrogens (primary N) is 1. The molecule has 1 aromatic rings. The van der Waals surface area contributed by atoms with Gasteiger partial charge in [0.05, 0.1) is 24.7 Å². The molecule has 92 valence electrons. The molecule has 0 radical (unpaired) electrons. The third-order valence-corrected chi connectivity index (χ3v) is 3.14. The van der Waals surface area contributed by atoms with Gasteiger partial charge in [0.15, 0.2) is 5.78 Å². The second kappa shape index (κ2) is 4.55. The summed E-state index contributed by atoms with van der Waals surface area (Å²) in [5, 5.41) is 0. The van der Waals surface area contributed by atoms with Crippen molar-refractivity contribution in [3.05, 3.63) is 34.6 Å². The molecule has 2 rings (SSSR count). The van der Waals surface area contributed by atoms with Crippen LogP contribution in [0.2, 0.25) is 0 Å². The highest BCUT2D eigenvalue weighted by Gasteiger charge is 2.33. The summed E-state index contributed by atoms with van der Waals surface area (Å²) < 4.78 is 19.0.